The lowest BCUT2D eigenvalue weighted by Gasteiger charge is -2.12. The highest BCUT2D eigenvalue weighted by Gasteiger charge is 2.17. The van der Waals surface area contributed by atoms with E-state index < -0.39 is 11.8 Å². The second-order valence-electron chi connectivity index (χ2n) is 6.09. The van der Waals surface area contributed by atoms with Crippen molar-refractivity contribution in [1.29, 1.82) is 0 Å². The number of fused-ring (bicyclic) bond motifs is 1. The molecule has 0 saturated carbocycles. The molecule has 0 spiro atoms. The van der Waals surface area contributed by atoms with Crippen molar-refractivity contribution in [3.63, 3.8) is 0 Å². The van der Waals surface area contributed by atoms with Gasteiger partial charge < -0.3 is 4.74 Å². The fourth-order valence-corrected chi connectivity index (χ4v) is 3.12. The Balaban J connectivity index is 1.87. The van der Waals surface area contributed by atoms with E-state index in [9.17, 15) is 14.0 Å². The Bertz CT molecular complexity index is 1250. The predicted octanol–water partition coefficient (Wildman–Crippen LogP) is 5.00. The van der Waals surface area contributed by atoms with Crippen LogP contribution < -0.4 is 10.3 Å². The maximum absolute atomic E-state index is 13.3. The van der Waals surface area contributed by atoms with Gasteiger partial charge in [0.15, 0.2) is 0 Å². The molecular formula is C22H13ClFNO3. The molecule has 4 aromatic rings. The van der Waals surface area contributed by atoms with Crippen LogP contribution in [0.15, 0.2) is 83.8 Å². The number of rotatable bonds is 3. The van der Waals surface area contributed by atoms with Crippen molar-refractivity contribution >= 4 is 28.3 Å². The maximum Gasteiger partial charge on any atom is 0.345 e. The van der Waals surface area contributed by atoms with Crippen molar-refractivity contribution in [2.45, 2.75) is 0 Å². The van der Waals surface area contributed by atoms with Crippen molar-refractivity contribution in [3.8, 4) is 11.4 Å². The number of benzene rings is 3. The van der Waals surface area contributed by atoms with E-state index in [2.05, 4.69) is 0 Å². The fraction of sp³-hybridized carbons (Fsp3) is 0. The molecule has 6 heteroatoms. The van der Waals surface area contributed by atoms with Crippen LogP contribution in [-0.4, -0.2) is 10.5 Å². The Hall–Kier alpha value is -3.44. The minimum absolute atomic E-state index is 0.208. The van der Waals surface area contributed by atoms with Gasteiger partial charge in [-0.3, -0.25) is 9.36 Å². The fourth-order valence-electron chi connectivity index (χ4n) is 2.94. The van der Waals surface area contributed by atoms with Gasteiger partial charge in [-0.15, -0.1) is 0 Å². The molecule has 28 heavy (non-hydrogen) atoms. The normalized spacial score (nSPS) is 10.8. The van der Waals surface area contributed by atoms with Gasteiger partial charge in [-0.1, -0.05) is 35.9 Å². The molecule has 138 valence electrons. The first kappa shape index (κ1) is 17.9. The number of esters is 1. The summed E-state index contributed by atoms with van der Waals surface area (Å²) in [4.78, 5) is 25.7. The Morgan fingerprint density at radius 1 is 0.929 bits per heavy atom. The third-order valence-electron chi connectivity index (χ3n) is 4.26. The number of halogens is 2. The van der Waals surface area contributed by atoms with Gasteiger partial charge in [-0.25, -0.2) is 9.18 Å². The highest BCUT2D eigenvalue weighted by Crippen LogP contribution is 2.22. The van der Waals surface area contributed by atoms with E-state index in [0.717, 1.165) is 0 Å². The summed E-state index contributed by atoms with van der Waals surface area (Å²) in [6.07, 6.45) is 1.41. The molecule has 0 amide bonds. The van der Waals surface area contributed by atoms with Crippen LogP contribution in [0.5, 0.6) is 5.75 Å². The first-order valence-corrected chi connectivity index (χ1v) is 8.79. The van der Waals surface area contributed by atoms with Gasteiger partial charge >= 0.3 is 5.97 Å². The average molecular weight is 394 g/mol. The Labute approximate surface area is 164 Å². The van der Waals surface area contributed by atoms with Crippen LogP contribution in [0.4, 0.5) is 4.39 Å². The van der Waals surface area contributed by atoms with Crippen molar-refractivity contribution in [3.05, 3.63) is 106 Å². The van der Waals surface area contributed by atoms with Gasteiger partial charge in [0.2, 0.25) is 0 Å². The molecule has 0 N–H and O–H groups in total. The summed E-state index contributed by atoms with van der Waals surface area (Å²) in [5.74, 6) is -0.756. The van der Waals surface area contributed by atoms with Crippen molar-refractivity contribution in [2.24, 2.45) is 0 Å². The molecule has 0 radical (unpaired) electrons. The molecule has 0 aliphatic heterocycles. The summed E-state index contributed by atoms with van der Waals surface area (Å²) in [6.45, 7) is 0. The van der Waals surface area contributed by atoms with E-state index in [4.69, 9.17) is 16.3 Å². The number of carbonyl (C=O) groups excluding carboxylic acids is 1. The summed E-state index contributed by atoms with van der Waals surface area (Å²) in [5.41, 5.74) is 0.329. The van der Waals surface area contributed by atoms with Crippen LogP contribution in [0.3, 0.4) is 0 Å². The first-order chi connectivity index (χ1) is 13.5. The Morgan fingerprint density at radius 3 is 2.36 bits per heavy atom. The molecule has 4 rings (SSSR count). The van der Waals surface area contributed by atoms with Crippen LogP contribution in [0.25, 0.3) is 16.5 Å². The van der Waals surface area contributed by atoms with Crippen LogP contribution in [0.1, 0.15) is 10.4 Å². The summed E-state index contributed by atoms with van der Waals surface area (Å²) in [6, 6.07) is 18.7. The lowest BCUT2D eigenvalue weighted by Crippen LogP contribution is -2.22. The minimum Gasteiger partial charge on any atom is -0.423 e. The van der Waals surface area contributed by atoms with Gasteiger partial charge in [-0.2, -0.15) is 0 Å². The second-order valence-corrected chi connectivity index (χ2v) is 6.52. The van der Waals surface area contributed by atoms with Crippen molar-refractivity contribution in [1.82, 2.24) is 4.57 Å². The number of hydrogen-bond donors (Lipinski definition) is 0. The Kier molecular flexibility index (Phi) is 4.67. The van der Waals surface area contributed by atoms with Crippen LogP contribution in [0, 0.1) is 5.82 Å². The molecular weight excluding hydrogens is 381 g/mol. The zero-order valence-electron chi connectivity index (χ0n) is 14.4. The molecule has 0 unspecified atom stereocenters. The smallest absolute Gasteiger partial charge is 0.345 e. The highest BCUT2D eigenvalue weighted by atomic mass is 35.5. The van der Waals surface area contributed by atoms with E-state index in [0.29, 0.717) is 27.2 Å². The van der Waals surface area contributed by atoms with Crippen LogP contribution >= 0.6 is 11.6 Å². The number of hydrogen-bond acceptors (Lipinski definition) is 3. The van der Waals surface area contributed by atoms with E-state index in [1.807, 2.05) is 0 Å². The monoisotopic (exact) mass is 393 g/mol. The van der Waals surface area contributed by atoms with Gasteiger partial charge in [0, 0.05) is 27.7 Å². The van der Waals surface area contributed by atoms with E-state index in [-0.39, 0.29) is 11.1 Å². The van der Waals surface area contributed by atoms with Crippen molar-refractivity contribution < 1.29 is 13.9 Å². The summed E-state index contributed by atoms with van der Waals surface area (Å²) in [5, 5.41) is 1.26. The zero-order valence-corrected chi connectivity index (χ0v) is 15.2. The topological polar surface area (TPSA) is 48.3 Å². The first-order valence-electron chi connectivity index (χ1n) is 8.41. The molecule has 1 aromatic heterocycles. The van der Waals surface area contributed by atoms with E-state index >= 15 is 0 Å². The lowest BCUT2D eigenvalue weighted by atomic mass is 10.1. The van der Waals surface area contributed by atoms with Gasteiger partial charge in [0.25, 0.3) is 5.56 Å². The molecule has 3 aromatic carbocycles. The third kappa shape index (κ3) is 3.40. The van der Waals surface area contributed by atoms with Gasteiger partial charge in [0.05, 0.1) is 5.56 Å². The van der Waals surface area contributed by atoms with Gasteiger partial charge in [0.1, 0.15) is 11.6 Å². The summed E-state index contributed by atoms with van der Waals surface area (Å²) < 4.78 is 20.0. The molecule has 0 bridgehead atoms. The SMILES string of the molecule is O=C(Oc1cccc(Cl)c1)c1cn(-c2ccc(F)cc2)c(=O)c2ccccc12. The number of carbonyl (C=O) groups is 1. The predicted molar refractivity (Wildman–Crippen MR) is 106 cm³/mol. The third-order valence-corrected chi connectivity index (χ3v) is 4.49. The number of nitrogens with zero attached hydrogens (tertiary/aromatic N) is 1. The zero-order chi connectivity index (χ0) is 19.7. The largest absolute Gasteiger partial charge is 0.423 e. The minimum atomic E-state index is -0.630. The molecule has 4 nitrogen and oxygen atoms in total. The maximum atomic E-state index is 13.3. The van der Waals surface area contributed by atoms with Crippen LogP contribution in [-0.2, 0) is 0 Å². The van der Waals surface area contributed by atoms with Crippen molar-refractivity contribution in [2.75, 3.05) is 0 Å². The molecule has 0 atom stereocenters. The lowest BCUT2D eigenvalue weighted by molar-refractivity contribution is 0.0736. The van der Waals surface area contributed by atoms with E-state index in [1.54, 1.807) is 42.5 Å². The summed E-state index contributed by atoms with van der Waals surface area (Å²) in [7, 11) is 0. The quantitative estimate of drug-likeness (QED) is 0.363. The number of ether oxygens (including phenoxy) is 1. The average Bonchev–Trinajstić information content (AvgIpc) is 2.69. The molecule has 0 aliphatic carbocycles. The molecule has 0 aliphatic rings. The molecule has 0 fully saturated rings. The number of pyridine rings is 1. The molecule has 1 heterocycles. The highest BCUT2D eigenvalue weighted by molar-refractivity contribution is 6.30. The standard InChI is InChI=1S/C22H13ClFNO3/c23-14-4-3-5-17(12-14)28-22(27)20-13-25(16-10-8-15(24)9-11-16)21(26)19-7-2-1-6-18(19)20/h1-13H. The van der Waals surface area contributed by atoms with E-state index in [1.165, 1.54) is 41.1 Å². The Morgan fingerprint density at radius 2 is 1.64 bits per heavy atom. The number of aromatic nitrogens is 1. The van der Waals surface area contributed by atoms with Gasteiger partial charge in [-0.05, 0) is 48.5 Å². The molecule has 0 saturated heterocycles. The van der Waals surface area contributed by atoms with Crippen LogP contribution in [0.2, 0.25) is 5.02 Å². The summed E-state index contributed by atoms with van der Waals surface area (Å²) >= 11 is 5.94. The second kappa shape index (κ2) is 7.29.